The Morgan fingerprint density at radius 2 is 1.88 bits per heavy atom. The molecule has 1 N–H and O–H groups in total. The number of rotatable bonds is 7. The summed E-state index contributed by atoms with van der Waals surface area (Å²) in [5, 5.41) is 3.38. The van der Waals surface area contributed by atoms with Gasteiger partial charge < -0.3 is 5.32 Å². The lowest BCUT2D eigenvalue weighted by Crippen LogP contribution is -2.36. The summed E-state index contributed by atoms with van der Waals surface area (Å²) in [6.07, 6.45) is 4.42. The lowest BCUT2D eigenvalue weighted by atomic mass is 10.0. The molecule has 0 fully saturated rings. The summed E-state index contributed by atoms with van der Waals surface area (Å²) in [7, 11) is 0. The lowest BCUT2D eigenvalue weighted by Gasteiger charge is -2.30. The molecule has 96 valence electrons. The standard InChI is InChI=1S/C14H22FNS/c1-4-14(5-2,17-3)11-16-10-12-8-6-7-9-13(12)15/h6-9,16H,4-5,10-11H2,1-3H3. The van der Waals surface area contributed by atoms with Gasteiger partial charge in [-0.15, -0.1) is 0 Å². The monoisotopic (exact) mass is 255 g/mol. The van der Waals surface area contributed by atoms with E-state index in [1.54, 1.807) is 6.07 Å². The molecule has 0 aromatic heterocycles. The van der Waals surface area contributed by atoms with Gasteiger partial charge in [0.2, 0.25) is 0 Å². The Morgan fingerprint density at radius 3 is 2.41 bits per heavy atom. The van der Waals surface area contributed by atoms with E-state index in [1.807, 2.05) is 23.9 Å². The minimum absolute atomic E-state index is 0.122. The first-order valence-corrected chi connectivity index (χ1v) is 7.39. The number of benzene rings is 1. The van der Waals surface area contributed by atoms with Crippen molar-refractivity contribution in [3.05, 3.63) is 35.6 Å². The molecule has 0 atom stereocenters. The van der Waals surface area contributed by atoms with E-state index >= 15 is 0 Å². The number of hydrogen-bond acceptors (Lipinski definition) is 2. The van der Waals surface area contributed by atoms with Gasteiger partial charge in [-0.1, -0.05) is 32.0 Å². The number of halogens is 1. The van der Waals surface area contributed by atoms with Crippen molar-refractivity contribution in [3.8, 4) is 0 Å². The van der Waals surface area contributed by atoms with Gasteiger partial charge in [-0.3, -0.25) is 0 Å². The molecule has 0 aliphatic heterocycles. The van der Waals surface area contributed by atoms with E-state index < -0.39 is 0 Å². The van der Waals surface area contributed by atoms with Gasteiger partial charge in [-0.25, -0.2) is 4.39 Å². The molecule has 1 rings (SSSR count). The van der Waals surface area contributed by atoms with Gasteiger partial charge >= 0.3 is 0 Å². The Hall–Kier alpha value is -0.540. The van der Waals surface area contributed by atoms with Crippen LogP contribution in [0.3, 0.4) is 0 Å². The Labute approximate surface area is 108 Å². The number of thioether (sulfide) groups is 1. The summed E-state index contributed by atoms with van der Waals surface area (Å²) in [6.45, 7) is 5.96. The van der Waals surface area contributed by atoms with Crippen LogP contribution in [0.4, 0.5) is 4.39 Å². The quantitative estimate of drug-likeness (QED) is 0.794. The van der Waals surface area contributed by atoms with Gasteiger partial charge in [0.1, 0.15) is 5.82 Å². The normalized spacial score (nSPS) is 11.8. The number of nitrogens with one attached hydrogen (secondary N) is 1. The van der Waals surface area contributed by atoms with Crippen LogP contribution in [0.25, 0.3) is 0 Å². The molecule has 0 spiro atoms. The maximum absolute atomic E-state index is 13.4. The summed E-state index contributed by atoms with van der Waals surface area (Å²) in [6, 6.07) is 6.95. The molecule has 0 aliphatic rings. The minimum atomic E-state index is -0.122. The molecular weight excluding hydrogens is 233 g/mol. The molecule has 0 amide bonds. The van der Waals surface area contributed by atoms with Gasteiger partial charge in [-0.2, -0.15) is 11.8 Å². The number of hydrogen-bond donors (Lipinski definition) is 1. The maximum atomic E-state index is 13.4. The highest BCUT2D eigenvalue weighted by molar-refractivity contribution is 8.00. The second kappa shape index (κ2) is 7.02. The summed E-state index contributed by atoms with van der Waals surface area (Å²) >= 11 is 1.90. The van der Waals surface area contributed by atoms with Crippen LogP contribution in [0.2, 0.25) is 0 Å². The predicted molar refractivity (Wildman–Crippen MR) is 74.9 cm³/mol. The molecule has 0 heterocycles. The third-order valence-electron chi connectivity index (χ3n) is 3.44. The molecule has 17 heavy (non-hydrogen) atoms. The lowest BCUT2D eigenvalue weighted by molar-refractivity contribution is 0.488. The molecule has 1 aromatic rings. The zero-order valence-electron chi connectivity index (χ0n) is 10.9. The van der Waals surface area contributed by atoms with E-state index in [0.29, 0.717) is 6.54 Å². The van der Waals surface area contributed by atoms with Crippen molar-refractivity contribution in [3.63, 3.8) is 0 Å². The Balaban J connectivity index is 2.49. The van der Waals surface area contributed by atoms with E-state index in [-0.39, 0.29) is 10.6 Å². The van der Waals surface area contributed by atoms with Gasteiger partial charge in [-0.05, 0) is 25.2 Å². The molecule has 0 bridgehead atoms. The van der Waals surface area contributed by atoms with Crippen LogP contribution in [0.5, 0.6) is 0 Å². The molecule has 3 heteroatoms. The zero-order valence-corrected chi connectivity index (χ0v) is 11.7. The van der Waals surface area contributed by atoms with Crippen LogP contribution < -0.4 is 5.32 Å². The molecule has 0 saturated carbocycles. The highest BCUT2D eigenvalue weighted by atomic mass is 32.2. The smallest absolute Gasteiger partial charge is 0.127 e. The van der Waals surface area contributed by atoms with Crippen molar-refractivity contribution in [2.24, 2.45) is 0 Å². The van der Waals surface area contributed by atoms with E-state index in [4.69, 9.17) is 0 Å². The van der Waals surface area contributed by atoms with E-state index in [9.17, 15) is 4.39 Å². The summed E-state index contributed by atoms with van der Waals surface area (Å²) in [5.41, 5.74) is 0.745. The van der Waals surface area contributed by atoms with Crippen LogP contribution in [0.15, 0.2) is 24.3 Å². The van der Waals surface area contributed by atoms with Crippen molar-refractivity contribution < 1.29 is 4.39 Å². The van der Waals surface area contributed by atoms with Crippen LogP contribution in [-0.2, 0) is 6.54 Å². The molecule has 1 nitrogen and oxygen atoms in total. The first kappa shape index (κ1) is 14.5. The summed E-state index contributed by atoms with van der Waals surface area (Å²) in [5.74, 6) is -0.122. The Kier molecular flexibility index (Phi) is 6.00. The van der Waals surface area contributed by atoms with E-state index in [0.717, 1.165) is 24.9 Å². The largest absolute Gasteiger partial charge is 0.311 e. The Morgan fingerprint density at radius 1 is 1.24 bits per heavy atom. The van der Waals surface area contributed by atoms with Crippen molar-refractivity contribution in [2.45, 2.75) is 38.0 Å². The molecule has 0 saturated heterocycles. The highest BCUT2D eigenvalue weighted by Gasteiger charge is 2.24. The summed E-state index contributed by atoms with van der Waals surface area (Å²) < 4.78 is 13.7. The fraction of sp³-hybridized carbons (Fsp3) is 0.571. The SMILES string of the molecule is CCC(CC)(CNCc1ccccc1F)SC. The Bertz CT molecular complexity index is 328. The summed E-state index contributed by atoms with van der Waals surface area (Å²) in [4.78, 5) is 0. The molecule has 0 radical (unpaired) electrons. The average Bonchev–Trinajstić information content (AvgIpc) is 2.37. The second-order valence-electron chi connectivity index (χ2n) is 4.29. The van der Waals surface area contributed by atoms with Crippen molar-refractivity contribution in [1.29, 1.82) is 0 Å². The third kappa shape index (κ3) is 4.00. The van der Waals surface area contributed by atoms with E-state index in [2.05, 4.69) is 25.4 Å². The van der Waals surface area contributed by atoms with Crippen molar-refractivity contribution in [2.75, 3.05) is 12.8 Å². The fourth-order valence-electron chi connectivity index (χ4n) is 1.93. The van der Waals surface area contributed by atoms with Gasteiger partial charge in [0.25, 0.3) is 0 Å². The maximum Gasteiger partial charge on any atom is 0.127 e. The van der Waals surface area contributed by atoms with Gasteiger partial charge in [0.05, 0.1) is 0 Å². The van der Waals surface area contributed by atoms with Gasteiger partial charge in [0.15, 0.2) is 0 Å². The topological polar surface area (TPSA) is 12.0 Å². The molecule has 0 unspecified atom stereocenters. The van der Waals surface area contributed by atoms with Crippen LogP contribution >= 0.6 is 11.8 Å². The van der Waals surface area contributed by atoms with Crippen LogP contribution in [0, 0.1) is 5.82 Å². The van der Waals surface area contributed by atoms with Crippen molar-refractivity contribution >= 4 is 11.8 Å². The first-order chi connectivity index (χ1) is 8.17. The second-order valence-corrected chi connectivity index (χ2v) is 5.56. The average molecular weight is 255 g/mol. The van der Waals surface area contributed by atoms with Crippen molar-refractivity contribution in [1.82, 2.24) is 5.32 Å². The first-order valence-electron chi connectivity index (χ1n) is 6.16. The van der Waals surface area contributed by atoms with Gasteiger partial charge in [0, 0.05) is 23.4 Å². The van der Waals surface area contributed by atoms with E-state index in [1.165, 1.54) is 6.07 Å². The fourth-order valence-corrected chi connectivity index (χ4v) is 2.75. The molecular formula is C14H22FNS. The van der Waals surface area contributed by atoms with Crippen LogP contribution in [0.1, 0.15) is 32.3 Å². The molecule has 0 aliphatic carbocycles. The zero-order chi connectivity index (χ0) is 12.7. The highest BCUT2D eigenvalue weighted by Crippen LogP contribution is 2.29. The third-order valence-corrected chi connectivity index (χ3v) is 5.03. The predicted octanol–water partition coefficient (Wildman–Crippen LogP) is 3.84. The molecule has 1 aromatic carbocycles. The minimum Gasteiger partial charge on any atom is -0.311 e. The van der Waals surface area contributed by atoms with Crippen LogP contribution in [-0.4, -0.2) is 17.5 Å².